The third-order valence-electron chi connectivity index (χ3n) is 2.33. The highest BCUT2D eigenvalue weighted by molar-refractivity contribution is 4.95. The van der Waals surface area contributed by atoms with Crippen molar-refractivity contribution >= 4 is 0 Å². The van der Waals surface area contributed by atoms with E-state index >= 15 is 0 Å². The van der Waals surface area contributed by atoms with Crippen molar-refractivity contribution in [1.82, 2.24) is 0 Å². The quantitative estimate of drug-likeness (QED) is 0.265. The summed E-state index contributed by atoms with van der Waals surface area (Å²) in [6, 6.07) is -0.566. The van der Waals surface area contributed by atoms with E-state index in [1.54, 1.807) is 6.92 Å². The molecule has 0 aromatic carbocycles. The summed E-state index contributed by atoms with van der Waals surface area (Å²) in [4.78, 5) is 8.02. The molecule has 8 nitrogen and oxygen atoms in total. The minimum atomic E-state index is -2.21. The lowest BCUT2D eigenvalue weighted by Gasteiger charge is -2.24. The van der Waals surface area contributed by atoms with Crippen molar-refractivity contribution in [3.8, 4) is 0 Å². The number of hydrogen-bond donors (Lipinski definition) is 4. The number of rotatable bonds is 4. The van der Waals surface area contributed by atoms with E-state index in [0.29, 0.717) is 0 Å². The first-order valence-corrected chi connectivity index (χ1v) is 4.31. The summed E-state index contributed by atoms with van der Waals surface area (Å²) in [7, 11) is 1.14. The summed E-state index contributed by atoms with van der Waals surface area (Å²) in [5.41, 5.74) is 5.54. The molecule has 8 heteroatoms. The Balaban J connectivity index is 2.90. The Morgan fingerprint density at radius 1 is 1.40 bits per heavy atom. The molecule has 0 unspecified atom stereocenters. The zero-order chi connectivity index (χ0) is 11.6. The largest absolute Gasteiger partial charge is 0.341 e. The van der Waals surface area contributed by atoms with E-state index < -0.39 is 30.3 Å². The van der Waals surface area contributed by atoms with Gasteiger partial charge in [0.05, 0.1) is 0 Å². The highest BCUT2D eigenvalue weighted by Crippen LogP contribution is 2.34. The summed E-state index contributed by atoms with van der Waals surface area (Å²) in [5.74, 6) is -2.21. The standard InChI is InChI=1S/C7H15NO7/c1-3(8)4-5(14-10)6(15-11)7(9,12-2)13-4/h3-6,9-11H,8H2,1-2H3/t3-,4+,5+,6+,7-/m0/s1. The molecule has 0 radical (unpaired) electrons. The van der Waals surface area contributed by atoms with Crippen LogP contribution in [0.25, 0.3) is 0 Å². The summed E-state index contributed by atoms with van der Waals surface area (Å²) in [6.07, 6.45) is -3.44. The Morgan fingerprint density at radius 3 is 2.33 bits per heavy atom. The first-order valence-electron chi connectivity index (χ1n) is 4.31. The second-order valence-electron chi connectivity index (χ2n) is 3.37. The molecule has 0 saturated carbocycles. The van der Waals surface area contributed by atoms with Gasteiger partial charge in [-0.1, -0.05) is 0 Å². The maximum absolute atomic E-state index is 9.70. The average Bonchev–Trinajstić information content (AvgIpc) is 2.51. The highest BCUT2D eigenvalue weighted by Gasteiger charge is 2.59. The van der Waals surface area contributed by atoms with Gasteiger partial charge in [0, 0.05) is 13.2 Å². The molecule has 15 heavy (non-hydrogen) atoms. The van der Waals surface area contributed by atoms with Crippen LogP contribution in [0.5, 0.6) is 0 Å². The summed E-state index contributed by atoms with van der Waals surface area (Å²) < 4.78 is 9.62. The lowest BCUT2D eigenvalue weighted by Crippen LogP contribution is -2.47. The van der Waals surface area contributed by atoms with E-state index in [0.717, 1.165) is 7.11 Å². The van der Waals surface area contributed by atoms with Crippen molar-refractivity contribution in [1.29, 1.82) is 0 Å². The molecule has 0 amide bonds. The number of aliphatic hydroxyl groups is 1. The molecule has 0 bridgehead atoms. The Hall–Kier alpha value is -0.320. The van der Waals surface area contributed by atoms with Gasteiger partial charge < -0.3 is 20.3 Å². The van der Waals surface area contributed by atoms with E-state index in [4.69, 9.17) is 21.0 Å². The molecule has 5 N–H and O–H groups in total. The predicted octanol–water partition coefficient (Wildman–Crippen LogP) is -1.26. The van der Waals surface area contributed by atoms with Crippen molar-refractivity contribution in [3.05, 3.63) is 0 Å². The molecule has 1 aliphatic heterocycles. The van der Waals surface area contributed by atoms with Gasteiger partial charge in [-0.2, -0.15) is 0 Å². The van der Waals surface area contributed by atoms with Gasteiger partial charge in [0.2, 0.25) is 6.10 Å². The first kappa shape index (κ1) is 12.7. The van der Waals surface area contributed by atoms with Gasteiger partial charge >= 0.3 is 5.97 Å². The molecule has 5 atom stereocenters. The third kappa shape index (κ3) is 2.12. The van der Waals surface area contributed by atoms with Crippen LogP contribution in [0.4, 0.5) is 0 Å². The van der Waals surface area contributed by atoms with Gasteiger partial charge in [-0.25, -0.2) is 9.78 Å². The Bertz CT molecular complexity index is 214. The van der Waals surface area contributed by atoms with Crippen LogP contribution in [-0.2, 0) is 19.2 Å². The maximum Gasteiger partial charge on any atom is 0.314 e. The van der Waals surface area contributed by atoms with Crippen molar-refractivity contribution in [3.63, 3.8) is 0 Å². The molecule has 0 aliphatic carbocycles. The summed E-state index contributed by atoms with van der Waals surface area (Å²) in [5, 5.41) is 26.9. The second-order valence-corrected chi connectivity index (χ2v) is 3.37. The fourth-order valence-electron chi connectivity index (χ4n) is 1.52. The van der Waals surface area contributed by atoms with Gasteiger partial charge in [-0.05, 0) is 6.92 Å². The number of ether oxygens (including phenoxy) is 2. The van der Waals surface area contributed by atoms with E-state index in [-0.39, 0.29) is 0 Å². The normalized spacial score (nSPS) is 43.2. The molecular weight excluding hydrogens is 210 g/mol. The molecule has 0 aromatic rings. The lowest BCUT2D eigenvalue weighted by molar-refractivity contribution is -0.427. The second kappa shape index (κ2) is 4.68. The maximum atomic E-state index is 9.70. The third-order valence-corrected chi connectivity index (χ3v) is 2.33. The van der Waals surface area contributed by atoms with Crippen LogP contribution < -0.4 is 5.73 Å². The van der Waals surface area contributed by atoms with E-state index in [2.05, 4.69) is 14.5 Å². The Morgan fingerprint density at radius 2 is 2.00 bits per heavy atom. The van der Waals surface area contributed by atoms with Crippen molar-refractivity contribution < 1.29 is 34.9 Å². The molecule has 90 valence electrons. The van der Waals surface area contributed by atoms with Crippen LogP contribution in [0.15, 0.2) is 0 Å². The van der Waals surface area contributed by atoms with Crippen molar-refractivity contribution in [2.24, 2.45) is 5.73 Å². The zero-order valence-electron chi connectivity index (χ0n) is 8.36. The van der Waals surface area contributed by atoms with Gasteiger partial charge in [-0.15, -0.1) is 0 Å². The van der Waals surface area contributed by atoms with Crippen LogP contribution in [0, 0.1) is 0 Å². The summed E-state index contributed by atoms with van der Waals surface area (Å²) >= 11 is 0. The molecular formula is C7H15NO7. The lowest BCUT2D eigenvalue weighted by atomic mass is 10.1. The van der Waals surface area contributed by atoms with Gasteiger partial charge in [0.1, 0.15) is 6.10 Å². The van der Waals surface area contributed by atoms with E-state index in [1.807, 2.05) is 0 Å². The van der Waals surface area contributed by atoms with Crippen LogP contribution in [0.1, 0.15) is 6.92 Å². The monoisotopic (exact) mass is 225 g/mol. The molecule has 1 rings (SSSR count). The van der Waals surface area contributed by atoms with E-state index in [1.165, 1.54) is 0 Å². The molecule has 1 fully saturated rings. The smallest absolute Gasteiger partial charge is 0.314 e. The Kier molecular flexibility index (Phi) is 3.98. The summed E-state index contributed by atoms with van der Waals surface area (Å²) in [6.45, 7) is 1.58. The van der Waals surface area contributed by atoms with Gasteiger partial charge in [0.25, 0.3) is 0 Å². The van der Waals surface area contributed by atoms with Gasteiger partial charge in [-0.3, -0.25) is 10.5 Å². The topological polar surface area (TPSA) is 124 Å². The minimum absolute atomic E-state index is 0.566. The molecule has 1 heterocycles. The first-order chi connectivity index (χ1) is 7.00. The zero-order valence-corrected chi connectivity index (χ0v) is 8.36. The van der Waals surface area contributed by atoms with Gasteiger partial charge in [0.15, 0.2) is 6.10 Å². The predicted molar refractivity (Wildman–Crippen MR) is 45.5 cm³/mol. The molecule has 0 aromatic heterocycles. The van der Waals surface area contributed by atoms with Crippen LogP contribution >= 0.6 is 0 Å². The fourth-order valence-corrected chi connectivity index (χ4v) is 1.52. The number of methoxy groups -OCH3 is 1. The van der Waals surface area contributed by atoms with Crippen molar-refractivity contribution in [2.45, 2.75) is 37.3 Å². The SMILES string of the molecule is CO[C@]1(O)O[C@H]([C@H](C)N)[C@@H](OO)[C@H]1OO. The molecule has 1 saturated heterocycles. The number of hydrogen-bond acceptors (Lipinski definition) is 8. The number of nitrogens with two attached hydrogens (primary N) is 1. The highest BCUT2D eigenvalue weighted by atomic mass is 17.1. The van der Waals surface area contributed by atoms with Crippen molar-refractivity contribution in [2.75, 3.05) is 7.11 Å². The Labute approximate surface area is 86.0 Å². The average molecular weight is 225 g/mol. The fraction of sp³-hybridized carbons (Fsp3) is 1.00. The van der Waals surface area contributed by atoms with Crippen LogP contribution in [0.2, 0.25) is 0 Å². The van der Waals surface area contributed by atoms with E-state index in [9.17, 15) is 5.11 Å². The van der Waals surface area contributed by atoms with Crippen LogP contribution in [-0.4, -0.2) is 53.1 Å². The minimum Gasteiger partial charge on any atom is -0.341 e. The molecule has 0 spiro atoms. The molecule has 1 aliphatic rings. The van der Waals surface area contributed by atoms with Crippen LogP contribution in [0.3, 0.4) is 0 Å².